The minimum absolute atomic E-state index is 0.000863. The Morgan fingerprint density at radius 1 is 1.02 bits per heavy atom. The molecule has 15 heteroatoms. The van der Waals surface area contributed by atoms with Crippen LogP contribution in [0.1, 0.15) is 110 Å². The number of benzene rings is 2. The Morgan fingerprint density at radius 2 is 1.77 bits per heavy atom. The molecule has 8 rings (SSSR count). The maximum Gasteiger partial charge on any atom is 0.339 e. The minimum atomic E-state index is -2.36. The number of imide groups is 1. The summed E-state index contributed by atoms with van der Waals surface area (Å²) in [5.74, 6) is -3.87. The molecule has 6 aliphatic rings. The number of alkyl halides is 2. The van der Waals surface area contributed by atoms with Crippen molar-refractivity contribution in [1.82, 2.24) is 4.90 Å². The second-order valence-electron chi connectivity index (χ2n) is 18.9. The highest BCUT2D eigenvalue weighted by Crippen LogP contribution is 2.72. The minimum Gasteiger partial charge on any atom is -0.479 e. The number of carbonyl (C=O) groups is 5. The summed E-state index contributed by atoms with van der Waals surface area (Å²) in [6, 6.07) is 14.7. The molecule has 3 amide bonds. The van der Waals surface area contributed by atoms with Gasteiger partial charge in [-0.25, -0.2) is 13.6 Å². The lowest BCUT2D eigenvalue weighted by molar-refractivity contribution is -0.240. The number of nitrogens with zero attached hydrogens (tertiary/aromatic N) is 1. The zero-order valence-electron chi connectivity index (χ0n) is 36.7. The molecule has 12 atom stereocenters. The molecule has 4 aliphatic carbocycles. The molecule has 2 heterocycles. The first-order valence-corrected chi connectivity index (χ1v) is 24.4. The third kappa shape index (κ3) is 7.98. The van der Waals surface area contributed by atoms with E-state index in [4.69, 9.17) is 9.47 Å². The van der Waals surface area contributed by atoms with E-state index in [0.717, 1.165) is 35.1 Å². The number of carboxylic acids is 1. The molecule has 0 aromatic heterocycles. The number of ketones is 1. The normalized spacial score (nSPS) is 35.7. The summed E-state index contributed by atoms with van der Waals surface area (Å²) < 4.78 is 46.6. The smallest absolute Gasteiger partial charge is 0.339 e. The number of rotatable bonds is 16. The van der Waals surface area contributed by atoms with E-state index in [0.29, 0.717) is 42.3 Å². The van der Waals surface area contributed by atoms with Gasteiger partial charge in [-0.2, -0.15) is 0 Å². The molecule has 5 fully saturated rings. The van der Waals surface area contributed by atoms with Crippen LogP contribution in [-0.4, -0.2) is 91.3 Å². The van der Waals surface area contributed by atoms with Gasteiger partial charge < -0.3 is 25.0 Å². The fourth-order valence-electron chi connectivity index (χ4n) is 11.8. The molecular formula is C49H58F2N2O9S2. The standard InChI is InChI=1S/C49H58F2N2O9S2/c1-5-6-12-28(2)63-38-26-42(57)53(43(38)58)20-9-7-8-17-41(56)52-30-14-11-16-33(22-30)64-32-15-10-13-29(21-32)44-61-40-25-34-35-24-37(50)36-23-31(54)18-19-46(36,3)48(35,51)39(55)27-47(34,4)49(40,62-44)45(59)60/h10-11,13-16,18-19,21-23,28,34-35,37-40,44,55H,5-9,12,17,20,24-27H2,1-4H3,(H,52,56)(H,59,60)/t28?,34?,35-,37-,38?,39-,40+,44+,46-,47-,48-,49-/m0/s1. The summed E-state index contributed by atoms with van der Waals surface area (Å²) in [7, 11) is 0. The number of aliphatic carboxylic acids is 1. The summed E-state index contributed by atoms with van der Waals surface area (Å²) >= 11 is 3.03. The van der Waals surface area contributed by atoms with Crippen LogP contribution in [0.25, 0.3) is 0 Å². The van der Waals surface area contributed by atoms with Gasteiger partial charge >= 0.3 is 5.97 Å². The Morgan fingerprint density at radius 3 is 2.52 bits per heavy atom. The molecule has 2 aliphatic heterocycles. The first-order chi connectivity index (χ1) is 30.4. The number of carbonyl (C=O) groups excluding carboxylic acids is 4. The molecule has 3 unspecified atom stereocenters. The number of halogens is 2. The highest BCUT2D eigenvalue weighted by atomic mass is 32.2. The number of hydrogen-bond acceptors (Lipinski definition) is 10. The van der Waals surface area contributed by atoms with Crippen LogP contribution in [-0.2, 0) is 33.4 Å². The Bertz CT molecular complexity index is 2260. The predicted octanol–water partition coefficient (Wildman–Crippen LogP) is 8.94. The first-order valence-electron chi connectivity index (χ1n) is 22.7. The van der Waals surface area contributed by atoms with Crippen molar-refractivity contribution in [2.45, 2.75) is 155 Å². The zero-order chi connectivity index (χ0) is 45.8. The van der Waals surface area contributed by atoms with Gasteiger partial charge in [0.25, 0.3) is 0 Å². The predicted molar refractivity (Wildman–Crippen MR) is 239 cm³/mol. The molecule has 64 heavy (non-hydrogen) atoms. The number of hydrogen-bond donors (Lipinski definition) is 3. The van der Waals surface area contributed by atoms with E-state index < -0.39 is 70.4 Å². The lowest BCUT2D eigenvalue weighted by atomic mass is 9.44. The number of carboxylic acid groups (broad SMARTS) is 1. The van der Waals surface area contributed by atoms with Crippen molar-refractivity contribution in [3.63, 3.8) is 0 Å². The first kappa shape index (κ1) is 46.6. The lowest BCUT2D eigenvalue weighted by Gasteiger charge is -2.62. The van der Waals surface area contributed by atoms with Crippen molar-refractivity contribution in [2.75, 3.05) is 11.9 Å². The number of amides is 3. The molecule has 0 bridgehead atoms. The summed E-state index contributed by atoms with van der Waals surface area (Å²) in [5, 5.41) is 25.7. The van der Waals surface area contributed by atoms with Gasteiger partial charge in [-0.1, -0.05) is 76.1 Å². The Hall–Kier alpha value is -3.89. The van der Waals surface area contributed by atoms with Crippen LogP contribution in [0.5, 0.6) is 0 Å². The summed E-state index contributed by atoms with van der Waals surface area (Å²) in [4.78, 5) is 67.1. The van der Waals surface area contributed by atoms with E-state index in [1.54, 1.807) is 30.8 Å². The van der Waals surface area contributed by atoms with Crippen molar-refractivity contribution in [3.8, 4) is 0 Å². The molecule has 0 radical (unpaired) electrons. The van der Waals surface area contributed by atoms with Gasteiger partial charge in [0, 0.05) is 62.4 Å². The van der Waals surface area contributed by atoms with Gasteiger partial charge in [-0.3, -0.25) is 24.1 Å². The van der Waals surface area contributed by atoms with E-state index in [1.807, 2.05) is 36.4 Å². The number of thioether (sulfide) groups is 1. The van der Waals surface area contributed by atoms with Gasteiger partial charge in [-0.15, -0.1) is 11.8 Å². The topological polar surface area (TPSA) is 160 Å². The monoisotopic (exact) mass is 920 g/mol. The second-order valence-corrected chi connectivity index (χ2v) is 21.7. The van der Waals surface area contributed by atoms with Crippen molar-refractivity contribution in [1.29, 1.82) is 0 Å². The van der Waals surface area contributed by atoms with Crippen LogP contribution in [0.3, 0.4) is 0 Å². The molecular weight excluding hydrogens is 863 g/mol. The largest absolute Gasteiger partial charge is 0.479 e. The third-order valence-corrected chi connectivity index (χ3v) is 17.4. The number of fused-ring (bicyclic) bond motifs is 7. The molecule has 0 spiro atoms. The fraction of sp³-hybridized carbons (Fsp3) is 0.571. The highest BCUT2D eigenvalue weighted by molar-refractivity contribution is 8.01. The van der Waals surface area contributed by atoms with Crippen LogP contribution in [0.2, 0.25) is 0 Å². The van der Waals surface area contributed by atoms with Crippen molar-refractivity contribution < 1.29 is 52.4 Å². The number of likely N-dealkylation sites (tertiary alicyclic amines) is 1. The van der Waals surface area contributed by atoms with Crippen LogP contribution >= 0.6 is 23.5 Å². The Balaban J connectivity index is 0.866. The number of ether oxygens (including phenoxy) is 2. The Kier molecular flexibility index (Phi) is 13.2. The third-order valence-electron chi connectivity index (χ3n) is 15.0. The number of aliphatic hydroxyl groups is 1. The fourth-order valence-corrected chi connectivity index (χ4v) is 14.0. The van der Waals surface area contributed by atoms with Crippen LogP contribution in [0, 0.1) is 22.7 Å². The van der Waals surface area contributed by atoms with E-state index in [1.165, 1.54) is 35.7 Å². The van der Waals surface area contributed by atoms with Crippen molar-refractivity contribution in [3.05, 3.63) is 77.9 Å². The second kappa shape index (κ2) is 18.1. The quantitative estimate of drug-likeness (QED) is 0.109. The molecule has 2 aromatic rings. The number of aliphatic hydroxyl groups excluding tert-OH is 1. The van der Waals surface area contributed by atoms with E-state index in [-0.39, 0.29) is 60.6 Å². The van der Waals surface area contributed by atoms with E-state index in [2.05, 4.69) is 19.2 Å². The number of anilines is 1. The van der Waals surface area contributed by atoms with Gasteiger partial charge in [-0.05, 0) is 99.4 Å². The molecule has 2 saturated heterocycles. The zero-order valence-corrected chi connectivity index (χ0v) is 38.4. The highest BCUT2D eigenvalue weighted by Gasteiger charge is 2.80. The molecule has 3 N–H and O–H groups in total. The van der Waals surface area contributed by atoms with Crippen molar-refractivity contribution >= 4 is 58.7 Å². The van der Waals surface area contributed by atoms with E-state index in [9.17, 15) is 34.2 Å². The lowest BCUT2D eigenvalue weighted by Crippen LogP contribution is -2.70. The number of allylic oxidation sites excluding steroid dienone is 4. The summed E-state index contributed by atoms with van der Waals surface area (Å²) in [6.45, 7) is 7.82. The SMILES string of the molecule is CCCCC(C)SC1CC(=O)N(CCCCCC(=O)Nc2cccc(Sc3cccc([C@@H]4O[C@@H]5CC6[C@@H]7C[C@H](F)C8=CC(=O)C=C[C@]8(C)[C@@]7(F)[C@@H](O)C[C@]6(C)[C@]5(C(=O)O)O4)c3)c2)C1=O. The molecule has 344 valence electrons. The molecule has 3 saturated carbocycles. The van der Waals surface area contributed by atoms with Gasteiger partial charge in [0.15, 0.2) is 23.3 Å². The Labute approximate surface area is 381 Å². The summed E-state index contributed by atoms with van der Waals surface area (Å²) in [6.07, 6.45) is 3.50. The number of unbranched alkanes of at least 4 members (excludes halogenated alkanes) is 3. The maximum atomic E-state index is 17.7. The average Bonchev–Trinajstić information content (AvgIpc) is 3.85. The van der Waals surface area contributed by atoms with Gasteiger partial charge in [0.1, 0.15) is 12.3 Å². The maximum absolute atomic E-state index is 17.7. The molecule has 11 nitrogen and oxygen atoms in total. The summed E-state index contributed by atoms with van der Waals surface area (Å²) in [5.41, 5.74) is -6.05. The average molecular weight is 921 g/mol. The van der Waals surface area contributed by atoms with Gasteiger partial charge in [0.2, 0.25) is 17.7 Å². The van der Waals surface area contributed by atoms with Crippen LogP contribution in [0.15, 0.2) is 82.1 Å². The van der Waals surface area contributed by atoms with Gasteiger partial charge in [0.05, 0.1) is 11.4 Å². The van der Waals surface area contributed by atoms with Crippen LogP contribution < -0.4 is 5.32 Å². The van der Waals surface area contributed by atoms with E-state index >= 15 is 8.78 Å². The number of nitrogens with one attached hydrogen (secondary N) is 1. The van der Waals surface area contributed by atoms with Crippen molar-refractivity contribution in [2.24, 2.45) is 22.7 Å². The van der Waals surface area contributed by atoms with Crippen LogP contribution in [0.4, 0.5) is 14.5 Å². The molecule has 2 aromatic carbocycles.